The maximum absolute atomic E-state index is 13.1. The van der Waals surface area contributed by atoms with Gasteiger partial charge in [0, 0.05) is 29.6 Å². The van der Waals surface area contributed by atoms with Crippen LogP contribution in [-0.2, 0) is 9.59 Å². The summed E-state index contributed by atoms with van der Waals surface area (Å²) >= 11 is 1.35. The standard InChI is InChI=1S/C20H16FN3O2S/c21-15-6-8-16(9-7-15)24-11-14(10-18(24)25)19(26)23-20-22-17(12-27-20)13-4-2-1-3-5-13/h1-9,12,14H,10-11H2,(H,22,23,26)/t14-/m0/s1. The lowest BCUT2D eigenvalue weighted by Gasteiger charge is -2.16. The monoisotopic (exact) mass is 381 g/mol. The summed E-state index contributed by atoms with van der Waals surface area (Å²) in [5.74, 6) is -1.21. The molecule has 2 aromatic carbocycles. The van der Waals surface area contributed by atoms with E-state index in [1.165, 1.54) is 28.4 Å². The number of aromatic nitrogens is 1. The second kappa shape index (κ2) is 7.28. The number of amides is 2. The average molecular weight is 381 g/mol. The highest BCUT2D eigenvalue weighted by molar-refractivity contribution is 7.14. The largest absolute Gasteiger partial charge is 0.312 e. The zero-order valence-electron chi connectivity index (χ0n) is 14.3. The fraction of sp³-hybridized carbons (Fsp3) is 0.150. The predicted molar refractivity (Wildman–Crippen MR) is 103 cm³/mol. The summed E-state index contributed by atoms with van der Waals surface area (Å²) in [4.78, 5) is 30.8. The number of nitrogens with zero attached hydrogens (tertiary/aromatic N) is 2. The van der Waals surface area contributed by atoms with Crippen LogP contribution in [0.15, 0.2) is 60.0 Å². The van der Waals surface area contributed by atoms with Crippen molar-refractivity contribution in [1.29, 1.82) is 0 Å². The van der Waals surface area contributed by atoms with Gasteiger partial charge in [-0.1, -0.05) is 30.3 Å². The van der Waals surface area contributed by atoms with Crippen LogP contribution in [-0.4, -0.2) is 23.3 Å². The Bertz CT molecular complexity index is 972. The van der Waals surface area contributed by atoms with Gasteiger partial charge >= 0.3 is 0 Å². The summed E-state index contributed by atoms with van der Waals surface area (Å²) < 4.78 is 13.1. The number of hydrogen-bond acceptors (Lipinski definition) is 4. The molecule has 0 aliphatic carbocycles. The van der Waals surface area contributed by atoms with Crippen LogP contribution in [0.2, 0.25) is 0 Å². The maximum atomic E-state index is 13.1. The Morgan fingerprint density at radius 3 is 2.63 bits per heavy atom. The first-order chi connectivity index (χ1) is 13.1. The molecule has 0 unspecified atom stereocenters. The van der Waals surface area contributed by atoms with Crippen LogP contribution in [0.25, 0.3) is 11.3 Å². The zero-order chi connectivity index (χ0) is 18.8. The maximum Gasteiger partial charge on any atom is 0.231 e. The molecule has 1 N–H and O–H groups in total. The minimum atomic E-state index is -0.466. The summed E-state index contributed by atoms with van der Waals surface area (Å²) in [6.07, 6.45) is 0.125. The van der Waals surface area contributed by atoms with Crippen LogP contribution in [0.5, 0.6) is 0 Å². The van der Waals surface area contributed by atoms with Gasteiger partial charge in [0.15, 0.2) is 5.13 Å². The molecule has 4 rings (SSSR count). The number of hydrogen-bond donors (Lipinski definition) is 1. The Balaban J connectivity index is 1.43. The van der Waals surface area contributed by atoms with E-state index in [9.17, 15) is 14.0 Å². The van der Waals surface area contributed by atoms with E-state index in [-0.39, 0.29) is 30.6 Å². The van der Waals surface area contributed by atoms with Crippen molar-refractivity contribution in [3.63, 3.8) is 0 Å². The fourth-order valence-electron chi connectivity index (χ4n) is 3.03. The molecule has 0 bridgehead atoms. The summed E-state index contributed by atoms with van der Waals surface area (Å²) in [6.45, 7) is 0.271. The molecule has 136 valence electrons. The highest BCUT2D eigenvalue weighted by atomic mass is 32.1. The zero-order valence-corrected chi connectivity index (χ0v) is 15.1. The van der Waals surface area contributed by atoms with E-state index < -0.39 is 5.92 Å². The molecule has 1 saturated heterocycles. The molecular formula is C20H16FN3O2S. The number of carbonyl (C=O) groups is 2. The van der Waals surface area contributed by atoms with Gasteiger partial charge in [0.2, 0.25) is 11.8 Å². The Hall–Kier alpha value is -3.06. The van der Waals surface area contributed by atoms with Crippen molar-refractivity contribution < 1.29 is 14.0 Å². The quantitative estimate of drug-likeness (QED) is 0.745. The second-order valence-corrected chi connectivity index (χ2v) is 7.13. The molecule has 5 nitrogen and oxygen atoms in total. The molecule has 2 heterocycles. The van der Waals surface area contributed by atoms with Gasteiger partial charge in [-0.15, -0.1) is 11.3 Å². The van der Waals surface area contributed by atoms with Gasteiger partial charge < -0.3 is 10.2 Å². The summed E-state index contributed by atoms with van der Waals surface area (Å²) in [5.41, 5.74) is 2.37. The molecule has 1 aromatic heterocycles. The van der Waals surface area contributed by atoms with Gasteiger partial charge in [-0.25, -0.2) is 9.37 Å². The summed E-state index contributed by atoms with van der Waals surface area (Å²) in [7, 11) is 0. The minimum Gasteiger partial charge on any atom is -0.312 e. The molecule has 0 radical (unpaired) electrons. The van der Waals surface area contributed by atoms with Gasteiger partial charge in [0.25, 0.3) is 0 Å². The fourth-order valence-corrected chi connectivity index (χ4v) is 3.76. The number of anilines is 2. The van der Waals surface area contributed by atoms with E-state index in [0.29, 0.717) is 10.8 Å². The van der Waals surface area contributed by atoms with E-state index in [2.05, 4.69) is 10.3 Å². The lowest BCUT2D eigenvalue weighted by Crippen LogP contribution is -2.28. The molecule has 1 aliphatic heterocycles. The number of carbonyl (C=O) groups excluding carboxylic acids is 2. The van der Waals surface area contributed by atoms with Crippen molar-refractivity contribution in [3.05, 3.63) is 65.8 Å². The highest BCUT2D eigenvalue weighted by Gasteiger charge is 2.35. The summed E-state index contributed by atoms with van der Waals surface area (Å²) in [6, 6.07) is 15.4. The molecule has 0 spiro atoms. The molecule has 1 fully saturated rings. The first kappa shape index (κ1) is 17.4. The third-order valence-corrected chi connectivity index (χ3v) is 5.20. The first-order valence-corrected chi connectivity index (χ1v) is 9.36. The SMILES string of the molecule is O=C(Nc1nc(-c2ccccc2)cs1)[C@H]1CC(=O)N(c2ccc(F)cc2)C1. The molecule has 0 saturated carbocycles. The van der Waals surface area contributed by atoms with Crippen molar-refractivity contribution in [2.75, 3.05) is 16.8 Å². The van der Waals surface area contributed by atoms with Crippen molar-refractivity contribution in [3.8, 4) is 11.3 Å². The van der Waals surface area contributed by atoms with Crippen LogP contribution in [0.3, 0.4) is 0 Å². The Morgan fingerprint density at radius 1 is 1.15 bits per heavy atom. The van der Waals surface area contributed by atoms with Crippen LogP contribution in [0.4, 0.5) is 15.2 Å². The van der Waals surface area contributed by atoms with Gasteiger partial charge in [-0.3, -0.25) is 9.59 Å². The average Bonchev–Trinajstić information content (AvgIpc) is 3.30. The van der Waals surface area contributed by atoms with E-state index in [1.807, 2.05) is 35.7 Å². The van der Waals surface area contributed by atoms with E-state index in [0.717, 1.165) is 11.3 Å². The minimum absolute atomic E-state index is 0.125. The molecule has 7 heteroatoms. The number of benzene rings is 2. The van der Waals surface area contributed by atoms with Crippen molar-refractivity contribution in [2.45, 2.75) is 6.42 Å². The van der Waals surface area contributed by atoms with Crippen molar-refractivity contribution in [2.24, 2.45) is 5.92 Å². The third kappa shape index (κ3) is 3.73. The van der Waals surface area contributed by atoms with Gasteiger partial charge in [0.1, 0.15) is 5.82 Å². The molecule has 27 heavy (non-hydrogen) atoms. The molecular weight excluding hydrogens is 365 g/mol. The third-order valence-electron chi connectivity index (χ3n) is 4.44. The number of thiazole rings is 1. The molecule has 3 aromatic rings. The number of rotatable bonds is 4. The van der Waals surface area contributed by atoms with Crippen LogP contribution >= 0.6 is 11.3 Å². The van der Waals surface area contributed by atoms with E-state index in [1.54, 1.807) is 12.1 Å². The molecule has 1 atom stereocenters. The first-order valence-electron chi connectivity index (χ1n) is 8.48. The second-order valence-electron chi connectivity index (χ2n) is 6.27. The van der Waals surface area contributed by atoms with E-state index >= 15 is 0 Å². The van der Waals surface area contributed by atoms with Gasteiger partial charge in [0.05, 0.1) is 11.6 Å². The Kier molecular flexibility index (Phi) is 4.68. The van der Waals surface area contributed by atoms with Gasteiger partial charge in [-0.05, 0) is 24.3 Å². The number of halogens is 1. The summed E-state index contributed by atoms with van der Waals surface area (Å²) in [5, 5.41) is 5.20. The Morgan fingerprint density at radius 2 is 1.89 bits per heavy atom. The van der Waals surface area contributed by atoms with Crippen LogP contribution in [0.1, 0.15) is 6.42 Å². The topological polar surface area (TPSA) is 62.3 Å². The van der Waals surface area contributed by atoms with Gasteiger partial charge in [-0.2, -0.15) is 0 Å². The predicted octanol–water partition coefficient (Wildman–Crippen LogP) is 3.94. The van der Waals surface area contributed by atoms with Crippen molar-refractivity contribution in [1.82, 2.24) is 4.98 Å². The Labute approximate surface area is 159 Å². The van der Waals surface area contributed by atoms with Crippen LogP contribution in [0, 0.1) is 11.7 Å². The highest BCUT2D eigenvalue weighted by Crippen LogP contribution is 2.28. The molecule has 2 amide bonds. The van der Waals surface area contributed by atoms with Crippen LogP contribution < -0.4 is 10.2 Å². The lowest BCUT2D eigenvalue weighted by molar-refractivity contribution is -0.122. The number of nitrogens with one attached hydrogen (secondary N) is 1. The molecule has 1 aliphatic rings. The van der Waals surface area contributed by atoms with Crippen molar-refractivity contribution >= 4 is 34.0 Å². The normalized spacial score (nSPS) is 16.6. The smallest absolute Gasteiger partial charge is 0.231 e. The lowest BCUT2D eigenvalue weighted by atomic mass is 10.1. The van der Waals surface area contributed by atoms with E-state index in [4.69, 9.17) is 0 Å².